The fourth-order valence-electron chi connectivity index (χ4n) is 2.50. The molecule has 0 aromatic carbocycles. The highest BCUT2D eigenvalue weighted by molar-refractivity contribution is 4.90. The Labute approximate surface area is 109 Å². The van der Waals surface area contributed by atoms with Gasteiger partial charge in [-0.25, -0.2) is 0 Å². The summed E-state index contributed by atoms with van der Waals surface area (Å²) in [7, 11) is 0. The maximum atomic E-state index is 5.23. The zero-order chi connectivity index (χ0) is 13.1. The Hall–Kier alpha value is -0.940. The number of aromatic nitrogens is 2. The van der Waals surface area contributed by atoms with E-state index in [1.807, 2.05) is 6.92 Å². The van der Waals surface area contributed by atoms with E-state index in [-0.39, 0.29) is 0 Å². The first-order chi connectivity index (χ1) is 8.60. The summed E-state index contributed by atoms with van der Waals surface area (Å²) in [6.07, 6.45) is 1.14. The molecule has 2 heterocycles. The number of aryl methyl sites for hydroxylation is 1. The molecule has 18 heavy (non-hydrogen) atoms. The summed E-state index contributed by atoms with van der Waals surface area (Å²) in [5, 5.41) is 7.49. The van der Waals surface area contributed by atoms with Gasteiger partial charge in [-0.05, 0) is 19.3 Å². The molecule has 1 aliphatic rings. The second kappa shape index (κ2) is 5.80. The van der Waals surface area contributed by atoms with Crippen LogP contribution in [0.25, 0.3) is 0 Å². The van der Waals surface area contributed by atoms with Gasteiger partial charge in [-0.2, -0.15) is 4.98 Å². The Morgan fingerprint density at radius 2 is 2.28 bits per heavy atom. The van der Waals surface area contributed by atoms with Gasteiger partial charge in [-0.15, -0.1) is 0 Å². The van der Waals surface area contributed by atoms with Crippen LogP contribution < -0.4 is 5.32 Å². The summed E-state index contributed by atoms with van der Waals surface area (Å²) in [4.78, 5) is 6.77. The smallest absolute Gasteiger partial charge is 0.240 e. The number of piperazine rings is 1. The summed E-state index contributed by atoms with van der Waals surface area (Å²) < 4.78 is 5.23. The molecule has 0 aliphatic carbocycles. The van der Waals surface area contributed by atoms with Gasteiger partial charge in [0.25, 0.3) is 0 Å². The van der Waals surface area contributed by atoms with Crippen molar-refractivity contribution in [3.05, 3.63) is 11.7 Å². The first-order valence-corrected chi connectivity index (χ1v) is 6.86. The van der Waals surface area contributed by atoms with Gasteiger partial charge >= 0.3 is 0 Å². The van der Waals surface area contributed by atoms with E-state index in [4.69, 9.17) is 4.52 Å². The first kappa shape index (κ1) is 13.5. The Morgan fingerprint density at radius 3 is 2.83 bits per heavy atom. The average molecular weight is 252 g/mol. The van der Waals surface area contributed by atoms with Crippen LogP contribution in [-0.2, 0) is 6.54 Å². The Balaban J connectivity index is 2.02. The molecule has 1 aliphatic heterocycles. The number of hydrogen-bond acceptors (Lipinski definition) is 5. The van der Waals surface area contributed by atoms with Gasteiger partial charge in [0.1, 0.15) is 0 Å². The maximum Gasteiger partial charge on any atom is 0.240 e. The molecule has 0 radical (unpaired) electrons. The molecule has 5 heteroatoms. The van der Waals surface area contributed by atoms with Gasteiger partial charge in [0.15, 0.2) is 5.82 Å². The van der Waals surface area contributed by atoms with E-state index in [0.29, 0.717) is 23.8 Å². The fourth-order valence-corrected chi connectivity index (χ4v) is 2.50. The molecule has 2 atom stereocenters. The van der Waals surface area contributed by atoms with Crippen molar-refractivity contribution in [1.29, 1.82) is 0 Å². The average Bonchev–Trinajstić information content (AvgIpc) is 2.74. The van der Waals surface area contributed by atoms with Crippen molar-refractivity contribution in [2.75, 3.05) is 13.1 Å². The van der Waals surface area contributed by atoms with Crippen molar-refractivity contribution >= 4 is 0 Å². The molecule has 1 fully saturated rings. The molecule has 1 saturated heterocycles. The predicted molar refractivity (Wildman–Crippen MR) is 70.2 cm³/mol. The van der Waals surface area contributed by atoms with E-state index >= 15 is 0 Å². The van der Waals surface area contributed by atoms with Crippen molar-refractivity contribution < 1.29 is 4.52 Å². The van der Waals surface area contributed by atoms with Gasteiger partial charge in [0, 0.05) is 25.2 Å². The van der Waals surface area contributed by atoms with E-state index < -0.39 is 0 Å². The lowest BCUT2D eigenvalue weighted by atomic mass is 9.98. The summed E-state index contributed by atoms with van der Waals surface area (Å²) in [5.41, 5.74) is 0. The monoisotopic (exact) mass is 252 g/mol. The highest BCUT2D eigenvalue weighted by Gasteiger charge is 2.29. The molecule has 0 saturated carbocycles. The van der Waals surface area contributed by atoms with E-state index in [1.54, 1.807) is 0 Å². The van der Waals surface area contributed by atoms with Crippen LogP contribution in [0.5, 0.6) is 0 Å². The molecule has 5 nitrogen and oxygen atoms in total. The minimum Gasteiger partial charge on any atom is -0.338 e. The normalized spacial score (nSPS) is 25.8. The highest BCUT2D eigenvalue weighted by Crippen LogP contribution is 2.17. The van der Waals surface area contributed by atoms with Gasteiger partial charge in [0.2, 0.25) is 5.89 Å². The lowest BCUT2D eigenvalue weighted by Crippen LogP contribution is -2.57. The van der Waals surface area contributed by atoms with Gasteiger partial charge < -0.3 is 9.84 Å². The van der Waals surface area contributed by atoms with Crippen LogP contribution in [0.1, 0.15) is 38.9 Å². The SMILES string of the molecule is CCC1CNC(C(C)C)CN1Cc1nc(C)no1. The van der Waals surface area contributed by atoms with E-state index in [1.165, 1.54) is 0 Å². The lowest BCUT2D eigenvalue weighted by molar-refractivity contribution is 0.0916. The minimum absolute atomic E-state index is 0.553. The largest absolute Gasteiger partial charge is 0.338 e. The molecule has 1 aromatic heterocycles. The third-order valence-corrected chi connectivity index (χ3v) is 3.75. The number of nitrogens with zero attached hydrogens (tertiary/aromatic N) is 3. The summed E-state index contributed by atoms with van der Waals surface area (Å²) in [6.45, 7) is 11.5. The molecule has 2 unspecified atom stereocenters. The van der Waals surface area contributed by atoms with Crippen LogP contribution >= 0.6 is 0 Å². The predicted octanol–water partition coefficient (Wildman–Crippen LogP) is 1.59. The molecule has 1 aromatic rings. The quantitative estimate of drug-likeness (QED) is 0.882. The minimum atomic E-state index is 0.553. The summed E-state index contributed by atoms with van der Waals surface area (Å²) >= 11 is 0. The molecule has 2 rings (SSSR count). The Morgan fingerprint density at radius 1 is 1.50 bits per heavy atom. The van der Waals surface area contributed by atoms with E-state index in [9.17, 15) is 0 Å². The van der Waals surface area contributed by atoms with Crippen molar-refractivity contribution in [3.8, 4) is 0 Å². The van der Waals surface area contributed by atoms with Crippen LogP contribution in [0, 0.1) is 12.8 Å². The van der Waals surface area contributed by atoms with E-state index in [0.717, 1.165) is 31.9 Å². The zero-order valence-electron chi connectivity index (χ0n) is 11.8. The molecule has 0 bridgehead atoms. The molecule has 102 valence electrons. The summed E-state index contributed by atoms with van der Waals surface area (Å²) in [6, 6.07) is 1.11. The van der Waals surface area contributed by atoms with Crippen molar-refractivity contribution in [3.63, 3.8) is 0 Å². The van der Waals surface area contributed by atoms with Crippen molar-refractivity contribution in [2.45, 2.75) is 52.7 Å². The highest BCUT2D eigenvalue weighted by atomic mass is 16.5. The first-order valence-electron chi connectivity index (χ1n) is 6.86. The van der Waals surface area contributed by atoms with Gasteiger partial charge in [0.05, 0.1) is 6.54 Å². The fraction of sp³-hybridized carbons (Fsp3) is 0.846. The van der Waals surface area contributed by atoms with Crippen molar-refractivity contribution in [2.24, 2.45) is 5.92 Å². The summed E-state index contributed by atoms with van der Waals surface area (Å²) in [5.74, 6) is 2.10. The standard InChI is InChI=1S/C13H24N4O/c1-5-11-6-14-12(9(2)3)7-17(11)8-13-15-10(4)16-18-13/h9,11-12,14H,5-8H2,1-4H3. The van der Waals surface area contributed by atoms with E-state index in [2.05, 4.69) is 41.1 Å². The van der Waals surface area contributed by atoms with Gasteiger partial charge in [-0.1, -0.05) is 25.9 Å². The zero-order valence-corrected chi connectivity index (χ0v) is 11.8. The second-order valence-corrected chi connectivity index (χ2v) is 5.49. The van der Waals surface area contributed by atoms with Crippen LogP contribution in [0.4, 0.5) is 0 Å². The van der Waals surface area contributed by atoms with Crippen LogP contribution in [0.2, 0.25) is 0 Å². The molecular weight excluding hydrogens is 228 g/mol. The Kier molecular flexibility index (Phi) is 4.35. The maximum absolute atomic E-state index is 5.23. The third kappa shape index (κ3) is 3.09. The third-order valence-electron chi connectivity index (χ3n) is 3.75. The molecule has 0 spiro atoms. The van der Waals surface area contributed by atoms with Crippen molar-refractivity contribution in [1.82, 2.24) is 20.4 Å². The number of rotatable bonds is 4. The topological polar surface area (TPSA) is 54.2 Å². The second-order valence-electron chi connectivity index (χ2n) is 5.49. The number of hydrogen-bond donors (Lipinski definition) is 1. The van der Waals surface area contributed by atoms with Crippen LogP contribution in [0.15, 0.2) is 4.52 Å². The van der Waals surface area contributed by atoms with Gasteiger partial charge in [-0.3, -0.25) is 4.90 Å². The Bertz CT molecular complexity index is 377. The number of nitrogens with one attached hydrogen (secondary N) is 1. The molecule has 1 N–H and O–H groups in total. The van der Waals surface area contributed by atoms with Crippen LogP contribution in [0.3, 0.4) is 0 Å². The molecular formula is C13H24N4O. The lowest BCUT2D eigenvalue weighted by Gasteiger charge is -2.40. The van der Waals surface area contributed by atoms with Crippen LogP contribution in [-0.4, -0.2) is 40.2 Å². The molecule has 0 amide bonds.